The molecule has 0 saturated carbocycles. The number of rotatable bonds is 13. The van der Waals surface area contributed by atoms with Crippen LogP contribution in [0.3, 0.4) is 0 Å². The van der Waals surface area contributed by atoms with Crippen molar-refractivity contribution in [3.63, 3.8) is 0 Å². The number of hydrogen-bond acceptors (Lipinski definition) is 8. The Morgan fingerprint density at radius 1 is 0.929 bits per heavy atom. The van der Waals surface area contributed by atoms with Gasteiger partial charge >= 0.3 is 6.09 Å². The Morgan fingerprint density at radius 2 is 1.61 bits per heavy atom. The number of carbonyl (C=O) groups excluding carboxylic acids is 5. The smallest absolute Gasteiger partial charge is 0.408 e. The predicted octanol–water partition coefficient (Wildman–Crippen LogP) is 4.20. The van der Waals surface area contributed by atoms with Gasteiger partial charge in [-0.25, -0.2) is 9.18 Å². The van der Waals surface area contributed by atoms with Crippen LogP contribution in [0.5, 0.6) is 0 Å². The third-order valence-electron chi connectivity index (χ3n) is 10.0. The topological polar surface area (TPSA) is 161 Å². The van der Waals surface area contributed by atoms with Crippen molar-refractivity contribution in [1.82, 2.24) is 30.3 Å². The molecule has 2 aromatic carbocycles. The number of carbonyl (C=O) groups is 5. The largest absolute Gasteiger partial charge is 0.444 e. The molecule has 0 radical (unpaired) electrons. The lowest BCUT2D eigenvalue weighted by molar-refractivity contribution is -0.128. The lowest BCUT2D eigenvalue weighted by Gasteiger charge is -2.32. The Balaban J connectivity index is 1.20. The van der Waals surface area contributed by atoms with Crippen molar-refractivity contribution < 1.29 is 42.6 Å². The molecule has 0 bridgehead atoms. The van der Waals surface area contributed by atoms with E-state index in [1.807, 2.05) is 16.7 Å². The van der Waals surface area contributed by atoms with Crippen LogP contribution in [0.2, 0.25) is 0 Å². The number of aromatic nitrogens is 1. The molecule has 1 aromatic heterocycles. The summed E-state index contributed by atoms with van der Waals surface area (Å²) < 4.78 is 33.2. The van der Waals surface area contributed by atoms with Gasteiger partial charge in [0.2, 0.25) is 11.8 Å². The van der Waals surface area contributed by atoms with E-state index in [0.29, 0.717) is 93.0 Å². The summed E-state index contributed by atoms with van der Waals surface area (Å²) in [4.78, 5) is 69.2. The van der Waals surface area contributed by atoms with E-state index in [1.165, 1.54) is 6.07 Å². The number of amides is 5. The molecule has 1 unspecified atom stereocenters. The van der Waals surface area contributed by atoms with Crippen molar-refractivity contribution >= 4 is 40.6 Å². The van der Waals surface area contributed by atoms with E-state index in [4.69, 9.17) is 14.2 Å². The normalized spacial score (nSPS) is 15.8. The van der Waals surface area contributed by atoms with Crippen LogP contribution in [0.15, 0.2) is 42.6 Å². The molecule has 56 heavy (non-hydrogen) atoms. The minimum Gasteiger partial charge on any atom is -0.444 e. The highest BCUT2D eigenvalue weighted by molar-refractivity contribution is 6.15. The second kappa shape index (κ2) is 18.7. The Hall–Kier alpha value is -5.02. The molecular weight excluding hydrogens is 723 g/mol. The Kier molecular flexibility index (Phi) is 14.1. The van der Waals surface area contributed by atoms with E-state index in [2.05, 4.69) is 16.0 Å². The van der Waals surface area contributed by atoms with Crippen molar-refractivity contribution in [2.24, 2.45) is 5.92 Å². The minimum absolute atomic E-state index is 0.113. The minimum atomic E-state index is -0.901. The molecule has 15 heteroatoms. The summed E-state index contributed by atoms with van der Waals surface area (Å²) in [7, 11) is 1.62. The van der Waals surface area contributed by atoms with Crippen molar-refractivity contribution in [1.29, 1.82) is 0 Å². The summed E-state index contributed by atoms with van der Waals surface area (Å²) in [5, 5.41) is 8.50. The van der Waals surface area contributed by atoms with Crippen LogP contribution in [-0.4, -0.2) is 115 Å². The third kappa shape index (κ3) is 10.6. The highest BCUT2D eigenvalue weighted by Crippen LogP contribution is 2.33. The van der Waals surface area contributed by atoms with Crippen LogP contribution in [0.25, 0.3) is 10.9 Å². The number of hydrogen-bond donors (Lipinski definition) is 3. The molecular formula is C41H55FN6O8. The second-order valence-corrected chi connectivity index (χ2v) is 15.6. The summed E-state index contributed by atoms with van der Waals surface area (Å²) in [5.41, 5.74) is 2.17. The van der Waals surface area contributed by atoms with Gasteiger partial charge in [-0.05, 0) is 74.8 Å². The maximum atomic E-state index is 15.2. The zero-order chi connectivity index (χ0) is 40.6. The zero-order valence-corrected chi connectivity index (χ0v) is 33.2. The molecule has 5 amide bonds. The first kappa shape index (κ1) is 42.1. The number of likely N-dealkylation sites (tertiary alicyclic amines) is 1. The number of benzene rings is 2. The first-order valence-electron chi connectivity index (χ1n) is 19.3. The predicted molar refractivity (Wildman–Crippen MR) is 208 cm³/mol. The van der Waals surface area contributed by atoms with Gasteiger partial charge in [-0.15, -0.1) is 0 Å². The molecule has 1 atom stereocenters. The SMILES string of the molecule is COCCn1cc(C(=O)N2CCC(c3cc(CNC(=O)CNC(=O)C(NC(=O)OC(C)(C)C)C(C)C)ccc3F)CC2)c2c(C(=O)N3CCOCC3)cccc21. The van der Waals surface area contributed by atoms with Gasteiger partial charge in [0.1, 0.15) is 17.5 Å². The van der Waals surface area contributed by atoms with Crippen LogP contribution in [-0.2, 0) is 36.9 Å². The Bertz CT molecular complexity index is 1890. The van der Waals surface area contributed by atoms with Crippen molar-refractivity contribution in [2.45, 2.75) is 78.1 Å². The fourth-order valence-electron chi connectivity index (χ4n) is 7.09. The lowest BCUT2D eigenvalue weighted by atomic mass is 9.88. The lowest BCUT2D eigenvalue weighted by Crippen LogP contribution is -2.52. The van der Waals surface area contributed by atoms with Gasteiger partial charge in [0, 0.05) is 69.0 Å². The molecule has 14 nitrogen and oxygen atoms in total. The number of nitrogens with zero attached hydrogens (tertiary/aromatic N) is 3. The number of nitrogens with one attached hydrogen (secondary N) is 3. The average Bonchev–Trinajstić information content (AvgIpc) is 3.55. The van der Waals surface area contributed by atoms with E-state index in [-0.39, 0.29) is 42.6 Å². The molecule has 2 aliphatic rings. The van der Waals surface area contributed by atoms with Crippen molar-refractivity contribution in [3.05, 3.63) is 70.7 Å². The maximum Gasteiger partial charge on any atom is 0.408 e. The van der Waals surface area contributed by atoms with Gasteiger partial charge < -0.3 is 44.5 Å². The van der Waals surface area contributed by atoms with Gasteiger partial charge in [0.25, 0.3) is 11.8 Å². The molecule has 2 fully saturated rings. The average molecular weight is 779 g/mol. The summed E-state index contributed by atoms with van der Waals surface area (Å²) in [5.74, 6) is -2.06. The van der Waals surface area contributed by atoms with Crippen molar-refractivity contribution in [2.75, 3.05) is 59.7 Å². The number of ether oxygens (including phenoxy) is 3. The number of methoxy groups -OCH3 is 1. The number of morpholine rings is 1. The molecule has 0 aliphatic carbocycles. The second-order valence-electron chi connectivity index (χ2n) is 15.6. The fourth-order valence-corrected chi connectivity index (χ4v) is 7.09. The summed E-state index contributed by atoms with van der Waals surface area (Å²) >= 11 is 0. The van der Waals surface area contributed by atoms with Gasteiger partial charge in [-0.1, -0.05) is 32.0 Å². The fraction of sp³-hybridized carbons (Fsp3) is 0.537. The molecule has 2 aliphatic heterocycles. The maximum absolute atomic E-state index is 15.2. The quantitative estimate of drug-likeness (QED) is 0.233. The highest BCUT2D eigenvalue weighted by Gasteiger charge is 2.31. The zero-order valence-electron chi connectivity index (χ0n) is 33.2. The highest BCUT2D eigenvalue weighted by atomic mass is 19.1. The number of piperidine rings is 1. The van der Waals surface area contributed by atoms with Gasteiger partial charge in [0.15, 0.2) is 0 Å². The Morgan fingerprint density at radius 3 is 2.27 bits per heavy atom. The third-order valence-corrected chi connectivity index (χ3v) is 10.0. The first-order chi connectivity index (χ1) is 26.7. The summed E-state index contributed by atoms with van der Waals surface area (Å²) in [6.07, 6.45) is 2.14. The van der Waals surface area contributed by atoms with Crippen LogP contribution < -0.4 is 16.0 Å². The molecule has 5 rings (SSSR count). The standard InChI is InChI=1S/C41H55FN6O8/c1-26(2)36(45-40(53)56-41(3,4)5)37(50)44-24-34(49)43-23-27-10-11-32(42)30(22-27)28-12-14-46(15-13-28)39(52)31-25-48(16-19-54-6)33-9-7-8-29(35(31)33)38(51)47-17-20-55-21-18-47/h7-11,22,25-26,28,36H,12-21,23-24H2,1-6H3,(H,43,49)(H,44,50)(H,45,53). The van der Waals surface area contributed by atoms with Gasteiger partial charge in [-0.3, -0.25) is 19.2 Å². The molecule has 0 spiro atoms. The van der Waals surface area contributed by atoms with E-state index in [9.17, 15) is 24.0 Å². The van der Waals surface area contributed by atoms with Crippen molar-refractivity contribution in [3.8, 4) is 0 Å². The van der Waals surface area contributed by atoms with E-state index < -0.39 is 29.6 Å². The van der Waals surface area contributed by atoms with Gasteiger partial charge in [-0.2, -0.15) is 0 Å². The summed E-state index contributed by atoms with van der Waals surface area (Å²) in [6.45, 7) is 12.1. The first-order valence-corrected chi connectivity index (χ1v) is 19.3. The monoisotopic (exact) mass is 778 g/mol. The molecule has 3 N–H and O–H groups in total. The van der Waals surface area contributed by atoms with Gasteiger partial charge in [0.05, 0.1) is 31.9 Å². The van der Waals surface area contributed by atoms with Crippen LogP contribution in [0.4, 0.5) is 9.18 Å². The van der Waals surface area contributed by atoms with E-state index >= 15 is 4.39 Å². The summed E-state index contributed by atoms with van der Waals surface area (Å²) in [6, 6.07) is 9.34. The molecule has 3 aromatic rings. The molecule has 3 heterocycles. The van der Waals surface area contributed by atoms with E-state index in [1.54, 1.807) is 75.9 Å². The van der Waals surface area contributed by atoms with Crippen LogP contribution in [0.1, 0.15) is 85.2 Å². The number of halogens is 1. The molecule has 304 valence electrons. The van der Waals surface area contributed by atoms with Crippen LogP contribution in [0, 0.1) is 11.7 Å². The number of alkyl carbamates (subject to hydrolysis) is 1. The Labute approximate surface area is 327 Å². The van der Waals surface area contributed by atoms with Crippen LogP contribution >= 0.6 is 0 Å². The molecule has 2 saturated heterocycles. The number of fused-ring (bicyclic) bond motifs is 1. The van der Waals surface area contributed by atoms with E-state index in [0.717, 1.165) is 5.52 Å².